The molecule has 3 nitrogen and oxygen atoms in total. The van der Waals surface area contributed by atoms with E-state index >= 15 is 0 Å². The van der Waals surface area contributed by atoms with Crippen molar-refractivity contribution in [3.05, 3.63) is 35.7 Å². The first-order valence-corrected chi connectivity index (χ1v) is 6.66. The third-order valence-corrected chi connectivity index (χ3v) is 4.07. The fourth-order valence-electron chi connectivity index (χ4n) is 2.00. The van der Waals surface area contributed by atoms with Gasteiger partial charge in [-0.15, -0.1) is 12.4 Å². The first-order valence-electron chi connectivity index (χ1n) is 5.85. The molecule has 1 unspecified atom stereocenters. The van der Waals surface area contributed by atoms with E-state index in [9.17, 15) is 0 Å². The summed E-state index contributed by atoms with van der Waals surface area (Å²) in [6, 6.07) is 6.59. The van der Waals surface area contributed by atoms with Crippen LogP contribution in [-0.4, -0.2) is 9.38 Å². The van der Waals surface area contributed by atoms with Gasteiger partial charge >= 0.3 is 0 Å². The number of fused-ring (bicyclic) bond motifs is 3. The van der Waals surface area contributed by atoms with Crippen molar-refractivity contribution in [1.29, 1.82) is 0 Å². The van der Waals surface area contributed by atoms with Crippen LogP contribution < -0.4 is 5.73 Å². The van der Waals surface area contributed by atoms with E-state index in [0.29, 0.717) is 0 Å². The molecule has 0 radical (unpaired) electrons. The Morgan fingerprint density at radius 1 is 1.44 bits per heavy atom. The molecule has 1 aromatic carbocycles. The number of rotatable bonds is 2. The number of nitrogens with zero attached hydrogens (tertiary/aromatic N) is 2. The summed E-state index contributed by atoms with van der Waals surface area (Å²) >= 11 is 1.73. The molecule has 0 aliphatic heterocycles. The number of halogens is 1. The van der Waals surface area contributed by atoms with Crippen LogP contribution in [0.2, 0.25) is 0 Å². The summed E-state index contributed by atoms with van der Waals surface area (Å²) in [7, 11) is 0. The molecule has 1 atom stereocenters. The van der Waals surface area contributed by atoms with Crippen LogP contribution in [0.4, 0.5) is 0 Å². The van der Waals surface area contributed by atoms with Crippen LogP contribution >= 0.6 is 23.7 Å². The number of nitrogens with two attached hydrogens (primary N) is 1. The van der Waals surface area contributed by atoms with Gasteiger partial charge in [0.1, 0.15) is 0 Å². The second kappa shape index (κ2) is 4.88. The molecule has 0 spiro atoms. The van der Waals surface area contributed by atoms with Crippen molar-refractivity contribution in [2.75, 3.05) is 0 Å². The molecular weight excluding hydrogens is 266 g/mol. The topological polar surface area (TPSA) is 43.3 Å². The predicted molar refractivity (Wildman–Crippen MR) is 79.8 cm³/mol. The van der Waals surface area contributed by atoms with Gasteiger partial charge in [-0.2, -0.15) is 0 Å². The average Bonchev–Trinajstić information content (AvgIpc) is 2.84. The molecule has 3 aromatic rings. The highest BCUT2D eigenvalue weighted by Gasteiger charge is 2.10. The van der Waals surface area contributed by atoms with Crippen molar-refractivity contribution >= 4 is 38.9 Å². The van der Waals surface area contributed by atoms with Crippen molar-refractivity contribution in [1.82, 2.24) is 9.38 Å². The third-order valence-electron chi connectivity index (χ3n) is 3.05. The molecule has 96 valence electrons. The Kier molecular flexibility index (Phi) is 3.61. The zero-order valence-corrected chi connectivity index (χ0v) is 12.0. The summed E-state index contributed by atoms with van der Waals surface area (Å²) in [5, 5.41) is 0. The van der Waals surface area contributed by atoms with Crippen LogP contribution in [0, 0.1) is 0 Å². The minimum Gasteiger partial charge on any atom is -0.323 e. The summed E-state index contributed by atoms with van der Waals surface area (Å²) in [5.74, 6) is 0. The second-order valence-electron chi connectivity index (χ2n) is 4.36. The highest BCUT2D eigenvalue weighted by molar-refractivity contribution is 7.23. The van der Waals surface area contributed by atoms with Crippen LogP contribution in [0.15, 0.2) is 24.4 Å². The predicted octanol–water partition coefficient (Wildman–Crippen LogP) is 3.55. The standard InChI is InChI=1S/C13H15N3S.ClH/c1-3-9-4-5-11-12(6-9)17-13-15-10(8(2)14)7-16(11)13;/h4-8H,3,14H2,1-2H3;1H. The van der Waals surface area contributed by atoms with E-state index in [1.165, 1.54) is 15.8 Å². The lowest BCUT2D eigenvalue weighted by molar-refractivity contribution is 0.790. The second-order valence-corrected chi connectivity index (χ2v) is 5.37. The fraction of sp³-hybridized carbons (Fsp3) is 0.308. The number of imidazole rings is 1. The van der Waals surface area contributed by atoms with E-state index in [2.05, 4.69) is 34.5 Å². The van der Waals surface area contributed by atoms with Crippen LogP contribution in [0.3, 0.4) is 0 Å². The molecule has 0 fully saturated rings. The van der Waals surface area contributed by atoms with Crippen LogP contribution in [0.25, 0.3) is 15.2 Å². The van der Waals surface area contributed by atoms with E-state index in [0.717, 1.165) is 17.1 Å². The molecule has 0 aliphatic carbocycles. The van der Waals surface area contributed by atoms with Crippen molar-refractivity contribution in [3.63, 3.8) is 0 Å². The third kappa shape index (κ3) is 2.00. The lowest BCUT2D eigenvalue weighted by atomic mass is 10.2. The van der Waals surface area contributed by atoms with Crippen molar-refractivity contribution in [2.45, 2.75) is 26.3 Å². The number of hydrogen-bond donors (Lipinski definition) is 1. The summed E-state index contributed by atoms with van der Waals surface area (Å²) in [6.07, 6.45) is 3.12. The molecule has 0 bridgehead atoms. The van der Waals surface area contributed by atoms with E-state index in [1.807, 2.05) is 13.1 Å². The van der Waals surface area contributed by atoms with Gasteiger partial charge in [0.25, 0.3) is 0 Å². The fourth-order valence-corrected chi connectivity index (χ4v) is 3.08. The molecule has 0 aliphatic rings. The van der Waals surface area contributed by atoms with E-state index in [4.69, 9.17) is 5.73 Å². The van der Waals surface area contributed by atoms with Crippen molar-refractivity contribution < 1.29 is 0 Å². The Labute approximate surface area is 116 Å². The number of aryl methyl sites for hydroxylation is 1. The van der Waals surface area contributed by atoms with Crippen molar-refractivity contribution in [2.24, 2.45) is 5.73 Å². The van der Waals surface area contributed by atoms with Crippen LogP contribution in [0.5, 0.6) is 0 Å². The quantitative estimate of drug-likeness (QED) is 0.781. The largest absolute Gasteiger partial charge is 0.323 e. The van der Waals surface area contributed by atoms with Gasteiger partial charge in [0.05, 0.1) is 15.9 Å². The molecular formula is C13H16ClN3S. The summed E-state index contributed by atoms with van der Waals surface area (Å²) < 4.78 is 3.43. The molecule has 2 heterocycles. The Balaban J connectivity index is 0.00000120. The molecule has 5 heteroatoms. The number of hydrogen-bond acceptors (Lipinski definition) is 3. The van der Waals surface area contributed by atoms with E-state index in [-0.39, 0.29) is 18.4 Å². The Hall–Kier alpha value is -1.10. The van der Waals surface area contributed by atoms with E-state index in [1.54, 1.807) is 11.3 Å². The molecule has 18 heavy (non-hydrogen) atoms. The molecule has 0 saturated carbocycles. The number of aromatic nitrogens is 2. The first-order chi connectivity index (χ1) is 8.19. The van der Waals surface area contributed by atoms with Gasteiger partial charge in [-0.05, 0) is 31.0 Å². The normalized spacial score (nSPS) is 12.8. The number of benzene rings is 1. The molecule has 2 aromatic heterocycles. The van der Waals surface area contributed by atoms with Gasteiger partial charge in [-0.3, -0.25) is 4.40 Å². The van der Waals surface area contributed by atoms with Gasteiger partial charge in [-0.1, -0.05) is 24.3 Å². The smallest absolute Gasteiger partial charge is 0.195 e. The van der Waals surface area contributed by atoms with Gasteiger partial charge in [0.15, 0.2) is 4.96 Å². The van der Waals surface area contributed by atoms with Gasteiger partial charge < -0.3 is 5.73 Å². The zero-order valence-electron chi connectivity index (χ0n) is 10.4. The lowest BCUT2D eigenvalue weighted by Crippen LogP contribution is -2.04. The Morgan fingerprint density at radius 3 is 2.89 bits per heavy atom. The first kappa shape index (κ1) is 13.3. The molecule has 0 saturated heterocycles. The van der Waals surface area contributed by atoms with Gasteiger partial charge in [0, 0.05) is 12.2 Å². The minimum absolute atomic E-state index is 0. The Bertz CT molecular complexity index is 684. The van der Waals surface area contributed by atoms with E-state index < -0.39 is 0 Å². The number of thiazole rings is 1. The molecule has 3 rings (SSSR count). The highest BCUT2D eigenvalue weighted by atomic mass is 35.5. The Morgan fingerprint density at radius 2 is 2.22 bits per heavy atom. The van der Waals surface area contributed by atoms with Gasteiger partial charge in [0.2, 0.25) is 0 Å². The van der Waals surface area contributed by atoms with Crippen molar-refractivity contribution in [3.8, 4) is 0 Å². The van der Waals surface area contributed by atoms with Crippen LogP contribution in [0.1, 0.15) is 31.1 Å². The SMILES string of the molecule is CCc1ccc2c(c1)sc1nc(C(C)N)cn12.Cl. The monoisotopic (exact) mass is 281 g/mol. The zero-order chi connectivity index (χ0) is 12.0. The summed E-state index contributed by atoms with van der Waals surface area (Å²) in [6.45, 7) is 4.14. The van der Waals surface area contributed by atoms with Crippen LogP contribution in [-0.2, 0) is 6.42 Å². The summed E-state index contributed by atoms with van der Waals surface area (Å²) in [4.78, 5) is 5.59. The van der Waals surface area contributed by atoms with Gasteiger partial charge in [-0.25, -0.2) is 4.98 Å². The molecule has 2 N–H and O–H groups in total. The molecule has 0 amide bonds. The lowest BCUT2D eigenvalue weighted by Gasteiger charge is -1.98. The maximum absolute atomic E-state index is 5.86. The average molecular weight is 282 g/mol. The summed E-state index contributed by atoms with van der Waals surface area (Å²) in [5.41, 5.74) is 9.41. The minimum atomic E-state index is -0.00735. The maximum Gasteiger partial charge on any atom is 0.195 e. The highest BCUT2D eigenvalue weighted by Crippen LogP contribution is 2.28. The maximum atomic E-state index is 5.86.